The topological polar surface area (TPSA) is 82.6 Å². The van der Waals surface area contributed by atoms with Crippen LogP contribution in [-0.4, -0.2) is 51.6 Å². The fraction of sp³-hybridized carbons (Fsp3) is 0.667. The Labute approximate surface area is 153 Å². The number of aliphatic imine (C=N–C) groups is 1. The summed E-state index contributed by atoms with van der Waals surface area (Å²) in [6.07, 6.45) is 5.70. The smallest absolute Gasteiger partial charge is 0.250 e. The fourth-order valence-electron chi connectivity index (χ4n) is 2.63. The monoisotopic (exact) mass is 390 g/mol. The van der Waals surface area contributed by atoms with E-state index >= 15 is 0 Å². The SMILES string of the molecule is CCNC(=NCCNS(=O)(=O)c1cccs1)NC1CCC(SC)C1. The van der Waals surface area contributed by atoms with E-state index in [4.69, 9.17) is 0 Å². The molecule has 0 bridgehead atoms. The first-order valence-corrected chi connectivity index (χ1v) is 11.8. The normalized spacial score (nSPS) is 21.8. The largest absolute Gasteiger partial charge is 0.357 e. The van der Waals surface area contributed by atoms with E-state index in [1.54, 1.807) is 17.5 Å². The molecule has 136 valence electrons. The standard InChI is InChI=1S/C15H26N4O2S3/c1-3-16-15(19-12-6-7-13(11-12)22-2)17-8-9-18-24(20,21)14-5-4-10-23-14/h4-5,10,12-13,18H,3,6-9,11H2,1-2H3,(H2,16,17,19). The van der Waals surface area contributed by atoms with Crippen LogP contribution in [0.4, 0.5) is 0 Å². The lowest BCUT2D eigenvalue weighted by Crippen LogP contribution is -2.43. The fourth-order valence-corrected chi connectivity index (χ4v) is 5.49. The van der Waals surface area contributed by atoms with Crippen molar-refractivity contribution in [2.24, 2.45) is 4.99 Å². The molecule has 24 heavy (non-hydrogen) atoms. The van der Waals surface area contributed by atoms with Crippen LogP contribution >= 0.6 is 23.1 Å². The molecule has 1 saturated carbocycles. The maximum absolute atomic E-state index is 12.0. The Morgan fingerprint density at radius 1 is 1.46 bits per heavy atom. The first-order chi connectivity index (χ1) is 11.5. The average Bonchev–Trinajstić information content (AvgIpc) is 3.23. The molecule has 2 unspecified atom stereocenters. The molecule has 1 heterocycles. The minimum absolute atomic E-state index is 0.287. The maximum atomic E-state index is 12.0. The second-order valence-corrected chi connectivity index (χ2v) is 9.68. The van der Waals surface area contributed by atoms with Gasteiger partial charge in [0.1, 0.15) is 4.21 Å². The van der Waals surface area contributed by atoms with E-state index in [0.29, 0.717) is 16.8 Å². The summed E-state index contributed by atoms with van der Waals surface area (Å²) < 4.78 is 27.0. The highest BCUT2D eigenvalue weighted by Crippen LogP contribution is 2.27. The van der Waals surface area contributed by atoms with Gasteiger partial charge in [-0.3, -0.25) is 4.99 Å². The Kier molecular flexibility index (Phi) is 7.86. The van der Waals surface area contributed by atoms with Crippen LogP contribution in [0.25, 0.3) is 0 Å². The molecule has 0 radical (unpaired) electrons. The van der Waals surface area contributed by atoms with E-state index in [-0.39, 0.29) is 6.54 Å². The summed E-state index contributed by atoms with van der Waals surface area (Å²) in [4.78, 5) is 4.48. The predicted octanol–water partition coefficient (Wildman–Crippen LogP) is 1.87. The third-order valence-corrected chi connectivity index (χ3v) is 7.79. The number of guanidine groups is 1. The summed E-state index contributed by atoms with van der Waals surface area (Å²) in [6.45, 7) is 3.50. The van der Waals surface area contributed by atoms with Crippen molar-refractivity contribution >= 4 is 39.1 Å². The summed E-state index contributed by atoms with van der Waals surface area (Å²) in [6, 6.07) is 3.78. The van der Waals surface area contributed by atoms with Crippen molar-refractivity contribution in [1.29, 1.82) is 0 Å². The summed E-state index contributed by atoms with van der Waals surface area (Å²) in [5.41, 5.74) is 0. The zero-order valence-electron chi connectivity index (χ0n) is 14.1. The summed E-state index contributed by atoms with van der Waals surface area (Å²) >= 11 is 3.14. The van der Waals surface area contributed by atoms with Crippen LogP contribution in [0.2, 0.25) is 0 Å². The highest BCUT2D eigenvalue weighted by Gasteiger charge is 2.24. The van der Waals surface area contributed by atoms with Crippen molar-refractivity contribution in [1.82, 2.24) is 15.4 Å². The van der Waals surface area contributed by atoms with Crippen molar-refractivity contribution in [3.05, 3.63) is 17.5 Å². The van der Waals surface area contributed by atoms with Crippen molar-refractivity contribution in [3.8, 4) is 0 Å². The molecular formula is C15H26N4O2S3. The van der Waals surface area contributed by atoms with Crippen LogP contribution in [-0.2, 0) is 10.0 Å². The van der Waals surface area contributed by atoms with Crippen LogP contribution in [0.3, 0.4) is 0 Å². The Balaban J connectivity index is 1.81. The highest BCUT2D eigenvalue weighted by molar-refractivity contribution is 7.99. The number of sulfonamides is 1. The van der Waals surface area contributed by atoms with Crippen LogP contribution < -0.4 is 15.4 Å². The second kappa shape index (κ2) is 9.65. The predicted molar refractivity (Wildman–Crippen MR) is 104 cm³/mol. The van der Waals surface area contributed by atoms with Crippen molar-refractivity contribution in [2.75, 3.05) is 25.9 Å². The minimum Gasteiger partial charge on any atom is -0.357 e. The van der Waals surface area contributed by atoms with Gasteiger partial charge in [-0.2, -0.15) is 11.8 Å². The molecular weight excluding hydrogens is 364 g/mol. The number of rotatable bonds is 8. The van der Waals surface area contributed by atoms with Gasteiger partial charge in [-0.15, -0.1) is 11.3 Å². The van der Waals surface area contributed by atoms with Crippen LogP contribution in [0.1, 0.15) is 26.2 Å². The zero-order chi connectivity index (χ0) is 17.4. The summed E-state index contributed by atoms with van der Waals surface area (Å²) in [5, 5.41) is 9.16. The van der Waals surface area contributed by atoms with E-state index in [9.17, 15) is 8.42 Å². The van der Waals surface area contributed by atoms with E-state index in [0.717, 1.165) is 30.6 Å². The molecule has 0 saturated heterocycles. The molecule has 6 nitrogen and oxygen atoms in total. The van der Waals surface area contributed by atoms with Gasteiger partial charge in [0.05, 0.1) is 6.54 Å². The highest BCUT2D eigenvalue weighted by atomic mass is 32.2. The molecule has 2 rings (SSSR count). The number of hydrogen-bond acceptors (Lipinski definition) is 5. The van der Waals surface area contributed by atoms with Crippen LogP contribution in [0, 0.1) is 0 Å². The molecule has 0 aromatic carbocycles. The molecule has 1 aromatic rings. The zero-order valence-corrected chi connectivity index (χ0v) is 16.6. The molecule has 3 N–H and O–H groups in total. The van der Waals surface area contributed by atoms with E-state index in [1.165, 1.54) is 17.8 Å². The van der Waals surface area contributed by atoms with Crippen LogP contribution in [0.15, 0.2) is 26.7 Å². The van der Waals surface area contributed by atoms with Gasteiger partial charge in [0.15, 0.2) is 5.96 Å². The molecule has 1 fully saturated rings. The van der Waals surface area contributed by atoms with Crippen LogP contribution in [0.5, 0.6) is 0 Å². The lowest BCUT2D eigenvalue weighted by molar-refractivity contribution is 0.583. The molecule has 0 amide bonds. The molecule has 2 atom stereocenters. The van der Waals surface area contributed by atoms with Gasteiger partial charge in [0.25, 0.3) is 0 Å². The third-order valence-electron chi connectivity index (χ3n) is 3.84. The summed E-state index contributed by atoms with van der Waals surface area (Å²) in [7, 11) is -3.40. The Morgan fingerprint density at radius 2 is 2.29 bits per heavy atom. The number of hydrogen-bond donors (Lipinski definition) is 3. The lowest BCUT2D eigenvalue weighted by Gasteiger charge is -2.17. The van der Waals surface area contributed by atoms with Gasteiger partial charge in [-0.05, 0) is 43.9 Å². The van der Waals surface area contributed by atoms with Gasteiger partial charge in [-0.25, -0.2) is 13.1 Å². The van der Waals surface area contributed by atoms with E-state index < -0.39 is 10.0 Å². The third kappa shape index (κ3) is 5.94. The van der Waals surface area contributed by atoms with E-state index in [2.05, 4.69) is 26.6 Å². The molecule has 1 aromatic heterocycles. The first kappa shape index (κ1) is 19.6. The Bertz CT molecular complexity index is 617. The van der Waals surface area contributed by atoms with Gasteiger partial charge in [-0.1, -0.05) is 6.07 Å². The molecule has 1 aliphatic carbocycles. The van der Waals surface area contributed by atoms with Gasteiger partial charge in [0.2, 0.25) is 10.0 Å². The molecule has 0 aliphatic heterocycles. The van der Waals surface area contributed by atoms with Gasteiger partial charge < -0.3 is 10.6 Å². The second-order valence-electron chi connectivity index (χ2n) is 5.60. The Morgan fingerprint density at radius 3 is 2.92 bits per heavy atom. The molecule has 9 heteroatoms. The lowest BCUT2D eigenvalue weighted by atomic mass is 10.2. The maximum Gasteiger partial charge on any atom is 0.250 e. The quantitative estimate of drug-likeness (QED) is 0.359. The van der Waals surface area contributed by atoms with E-state index in [1.807, 2.05) is 18.7 Å². The molecule has 0 spiro atoms. The number of nitrogens with one attached hydrogen (secondary N) is 3. The van der Waals surface area contributed by atoms with Crippen molar-refractivity contribution in [2.45, 2.75) is 41.7 Å². The first-order valence-electron chi connectivity index (χ1n) is 8.16. The number of thiophene rings is 1. The minimum atomic E-state index is -3.40. The van der Waals surface area contributed by atoms with Crippen molar-refractivity contribution < 1.29 is 8.42 Å². The van der Waals surface area contributed by atoms with Crippen molar-refractivity contribution in [3.63, 3.8) is 0 Å². The van der Waals surface area contributed by atoms with Gasteiger partial charge in [0, 0.05) is 24.4 Å². The number of thioether (sulfide) groups is 1. The molecule has 1 aliphatic rings. The van der Waals surface area contributed by atoms with Gasteiger partial charge >= 0.3 is 0 Å². The average molecular weight is 391 g/mol. The summed E-state index contributed by atoms with van der Waals surface area (Å²) in [5.74, 6) is 0.763. The Hall–Kier alpha value is -0.770. The number of nitrogens with zero attached hydrogens (tertiary/aromatic N) is 1.